The van der Waals surface area contributed by atoms with Crippen molar-refractivity contribution in [2.24, 2.45) is 29.4 Å². The van der Waals surface area contributed by atoms with Gasteiger partial charge in [-0.05, 0) is 68.7 Å². The molecule has 0 aliphatic carbocycles. The second kappa shape index (κ2) is 35.2. The van der Waals surface area contributed by atoms with Gasteiger partial charge in [-0.25, -0.2) is 0 Å². The number of carboxylic acid groups (broad SMARTS) is 1. The number of ether oxygens (including phenoxy) is 3. The van der Waals surface area contributed by atoms with E-state index in [1.165, 1.54) is 19.1 Å². The Morgan fingerprint density at radius 2 is 1.22 bits per heavy atom. The molecule has 0 radical (unpaired) electrons. The minimum Gasteiger partial charge on any atom is -0.481 e. The van der Waals surface area contributed by atoms with Gasteiger partial charge in [-0.1, -0.05) is 106 Å². The summed E-state index contributed by atoms with van der Waals surface area (Å²) in [6.07, 6.45) is 4.21. The molecule has 1 aromatic carbocycles. The molecule has 0 spiro atoms. The summed E-state index contributed by atoms with van der Waals surface area (Å²) in [6.45, 7) is 7.02. The smallest absolute Gasteiger partial charge is 0.313 e. The lowest BCUT2D eigenvalue weighted by Crippen LogP contribution is -2.61. The Labute approximate surface area is 462 Å². The van der Waals surface area contributed by atoms with Crippen molar-refractivity contribution in [3.63, 3.8) is 0 Å². The second-order valence-electron chi connectivity index (χ2n) is 20.9. The molecule has 79 heavy (non-hydrogen) atoms. The van der Waals surface area contributed by atoms with E-state index < -0.39 is 153 Å². The highest BCUT2D eigenvalue weighted by Crippen LogP contribution is 2.29. The van der Waals surface area contributed by atoms with Crippen molar-refractivity contribution in [2.75, 3.05) is 5.73 Å². The molecule has 2 aliphatic rings. The molecule has 0 amide bonds. The number of aliphatic carboxylic acids is 1. The first-order valence-corrected chi connectivity index (χ1v) is 26.9. The van der Waals surface area contributed by atoms with Crippen molar-refractivity contribution in [2.45, 2.75) is 184 Å². The monoisotopic (exact) mass is 1110 g/mol. The number of hydrogen-bond acceptors (Lipinski definition) is 19. The quantitative estimate of drug-likeness (QED) is 0.0690. The van der Waals surface area contributed by atoms with E-state index in [9.17, 15) is 74.7 Å². The minimum atomic E-state index is -1.95. The third-order valence-corrected chi connectivity index (χ3v) is 13.8. The lowest BCUT2D eigenvalue weighted by Gasteiger charge is -2.41. The van der Waals surface area contributed by atoms with E-state index in [4.69, 9.17) is 25.7 Å². The number of esters is 1. The Kier molecular flexibility index (Phi) is 30.1. The van der Waals surface area contributed by atoms with Crippen LogP contribution in [0.25, 0.3) is 0 Å². The maximum atomic E-state index is 13.3. The molecular formula is C59H84N2O18. The fourth-order valence-corrected chi connectivity index (χ4v) is 9.37. The predicted molar refractivity (Wildman–Crippen MR) is 293 cm³/mol. The molecule has 1 fully saturated rings. The van der Waals surface area contributed by atoms with E-state index >= 15 is 0 Å². The highest BCUT2D eigenvalue weighted by Gasteiger charge is 2.43. The van der Waals surface area contributed by atoms with Crippen molar-refractivity contribution in [3.8, 4) is 0 Å². The average Bonchev–Trinajstić information content (AvgIpc) is 3.36. The van der Waals surface area contributed by atoms with Crippen LogP contribution in [-0.4, -0.2) is 161 Å². The Balaban J connectivity index is 1.83. The molecule has 0 aromatic heterocycles. The zero-order valence-corrected chi connectivity index (χ0v) is 45.5. The van der Waals surface area contributed by atoms with E-state index in [0.717, 1.165) is 0 Å². The van der Waals surface area contributed by atoms with Crippen LogP contribution in [0.4, 0.5) is 5.69 Å². The van der Waals surface area contributed by atoms with E-state index in [-0.39, 0.29) is 55.6 Å². The number of nitrogens with two attached hydrogens (primary N) is 2. The van der Waals surface area contributed by atoms with Gasteiger partial charge in [0.2, 0.25) is 0 Å². The van der Waals surface area contributed by atoms with Gasteiger partial charge in [0.25, 0.3) is 0 Å². The summed E-state index contributed by atoms with van der Waals surface area (Å²) in [5.41, 5.74) is 12.7. The fourth-order valence-electron chi connectivity index (χ4n) is 9.37. The SMILES string of the molecule is C[C@H]1\C=C/C=C/C=C/C=C/C=C/C=C/C=C/[C@H](O[C@@H]2O[C@H](C)[C@@H](O)[C@H](N)[C@@H]2O)C[C@H](O)[C@H](C(=O)O)[C@@H](O)CC(=O)C[C@@H](O)C[C@@H](O)C[C@@H](O)CC(=O)CCCC(=O)CC(=O)O[C@@H]1[C@@H](C)C[C@H](C)[C@@H](O)CC(=O)c1ccc(N)cc1. The lowest BCUT2D eigenvalue weighted by atomic mass is 9.83. The number of carbonyl (C=O) groups is 6. The maximum Gasteiger partial charge on any atom is 0.313 e. The third kappa shape index (κ3) is 25.2. The molecule has 3 rings (SSSR count). The number of Topliss-reactive ketones (excluding diaryl/α,β-unsaturated/α-hetero) is 4. The number of aliphatic hydroxyl groups excluding tert-OH is 8. The number of hydrogen-bond donors (Lipinski definition) is 11. The maximum absolute atomic E-state index is 13.3. The van der Waals surface area contributed by atoms with Crippen molar-refractivity contribution in [1.82, 2.24) is 0 Å². The number of rotatable bonds is 10. The summed E-state index contributed by atoms with van der Waals surface area (Å²) in [5, 5.41) is 96.0. The minimum absolute atomic E-state index is 0.0615. The summed E-state index contributed by atoms with van der Waals surface area (Å²) in [4.78, 5) is 77.3. The standard InChI is InChI=1S/C59H84N2O18/c1-35-18-15-13-11-9-7-5-6-8-10-12-14-16-21-47(78-59-56(74)54(61)55(73)38(4)77-59)33-51(71)53(58(75)76)50(70)31-46(67)30-45(66)29-44(65)28-43(64)27-41(62)19-17-20-42(63)32-52(72)79-57(35)37(3)26-36(2)48(68)34-49(69)39-22-24-40(60)25-23-39/h5-16,18,21-25,35-38,43-45,47-48,50-51,53-57,59,64-66,68,70-71,73-74H,17,19-20,26-34,60-61H2,1-4H3,(H,75,76)/b6-5+,9-7+,10-8+,13-11+,14-12+,18-15-,21-16+/t35-,36-,37-,38+,43-,44-,45-,47-,48-,50-,51-,53+,54-,55+,56-,57-,59-/m0/s1. The predicted octanol–water partition coefficient (Wildman–Crippen LogP) is 3.61. The van der Waals surface area contributed by atoms with Gasteiger partial charge in [0.05, 0.1) is 61.0 Å². The van der Waals surface area contributed by atoms with Crippen LogP contribution in [0, 0.1) is 23.7 Å². The highest BCUT2D eigenvalue weighted by molar-refractivity contribution is 5.97. The number of carboxylic acids is 1. The van der Waals surface area contributed by atoms with E-state index in [1.807, 2.05) is 19.9 Å². The van der Waals surface area contributed by atoms with Crippen molar-refractivity contribution < 1.29 is 88.9 Å². The van der Waals surface area contributed by atoms with Crippen molar-refractivity contribution in [3.05, 3.63) is 115 Å². The van der Waals surface area contributed by atoms with Gasteiger partial charge in [-0.2, -0.15) is 0 Å². The molecule has 20 heteroatoms. The number of cyclic esters (lactones) is 1. The van der Waals surface area contributed by atoms with Crippen LogP contribution in [0.1, 0.15) is 115 Å². The van der Waals surface area contributed by atoms with Crippen molar-refractivity contribution >= 4 is 40.8 Å². The molecule has 1 aromatic rings. The fraction of sp³-hybridized carbons (Fsp3) is 0.559. The highest BCUT2D eigenvalue weighted by atomic mass is 16.7. The van der Waals surface area contributed by atoms with E-state index in [1.54, 1.807) is 98.0 Å². The van der Waals surface area contributed by atoms with Crippen LogP contribution >= 0.6 is 0 Å². The van der Waals surface area contributed by atoms with Crippen molar-refractivity contribution in [1.29, 1.82) is 0 Å². The molecule has 0 saturated carbocycles. The largest absolute Gasteiger partial charge is 0.481 e. The number of carbonyl (C=O) groups excluding carboxylic acids is 5. The Morgan fingerprint density at radius 3 is 1.78 bits per heavy atom. The number of anilines is 1. The first-order chi connectivity index (χ1) is 37.4. The summed E-state index contributed by atoms with van der Waals surface area (Å²) in [6, 6.07) is 5.24. The Hall–Kier alpha value is -5.62. The molecule has 20 nitrogen and oxygen atoms in total. The summed E-state index contributed by atoms with van der Waals surface area (Å²) in [7, 11) is 0. The van der Waals surface area contributed by atoms with Gasteiger partial charge in [-0.3, -0.25) is 28.8 Å². The molecule has 2 aliphatic heterocycles. The second-order valence-corrected chi connectivity index (χ2v) is 20.9. The molecule has 2 heterocycles. The summed E-state index contributed by atoms with van der Waals surface area (Å²) in [5.74, 6) is -7.43. The lowest BCUT2D eigenvalue weighted by molar-refractivity contribution is -0.277. The molecule has 1 saturated heterocycles. The average molecular weight is 1110 g/mol. The first kappa shape index (κ1) is 67.7. The number of ketones is 4. The molecule has 17 atom stereocenters. The molecule has 0 bridgehead atoms. The number of benzene rings is 1. The zero-order valence-electron chi connectivity index (χ0n) is 45.5. The van der Waals surface area contributed by atoms with Gasteiger partial charge < -0.3 is 71.6 Å². The summed E-state index contributed by atoms with van der Waals surface area (Å²) >= 11 is 0. The Morgan fingerprint density at radius 1 is 0.684 bits per heavy atom. The molecule has 0 unspecified atom stereocenters. The van der Waals surface area contributed by atoms with Crippen LogP contribution in [0.2, 0.25) is 0 Å². The number of nitrogen functional groups attached to an aromatic ring is 1. The number of aliphatic hydroxyl groups is 8. The van der Waals surface area contributed by atoms with Gasteiger partial charge in [0.15, 0.2) is 12.1 Å². The van der Waals surface area contributed by atoms with Crippen LogP contribution in [0.3, 0.4) is 0 Å². The van der Waals surface area contributed by atoms with Crippen LogP contribution in [0.5, 0.6) is 0 Å². The first-order valence-electron chi connectivity index (χ1n) is 26.9. The van der Waals surface area contributed by atoms with E-state index in [0.29, 0.717) is 17.7 Å². The third-order valence-electron chi connectivity index (χ3n) is 13.8. The zero-order chi connectivity index (χ0) is 58.8. The summed E-state index contributed by atoms with van der Waals surface area (Å²) < 4.78 is 17.5. The molecule has 438 valence electrons. The molecular weight excluding hydrogens is 1020 g/mol. The normalized spacial score (nSPS) is 34.7. The number of allylic oxidation sites excluding steroid dienone is 12. The van der Waals surface area contributed by atoms with Crippen LogP contribution in [0.15, 0.2) is 109 Å². The van der Waals surface area contributed by atoms with E-state index in [2.05, 4.69) is 0 Å². The molecule has 13 N–H and O–H groups in total. The van der Waals surface area contributed by atoms with Gasteiger partial charge >= 0.3 is 11.9 Å². The van der Waals surface area contributed by atoms with Gasteiger partial charge in [-0.15, -0.1) is 0 Å². The van der Waals surface area contributed by atoms with Gasteiger partial charge in [0.1, 0.15) is 41.9 Å². The topological polar surface area (TPSA) is 364 Å². The van der Waals surface area contributed by atoms with Crippen LogP contribution in [-0.2, 0) is 38.2 Å². The van der Waals surface area contributed by atoms with Gasteiger partial charge in [0, 0.05) is 62.1 Å². The van der Waals surface area contributed by atoms with Crippen LogP contribution < -0.4 is 11.5 Å². The Bertz CT molecular complexity index is 2310.